The first kappa shape index (κ1) is 9.35. The minimum Gasteiger partial charge on any atom is -0.311 e. The third-order valence-electron chi connectivity index (χ3n) is 1.83. The van der Waals surface area contributed by atoms with Crippen molar-refractivity contribution < 1.29 is 4.39 Å². The summed E-state index contributed by atoms with van der Waals surface area (Å²) in [7, 11) is 0. The molecule has 0 unspecified atom stereocenters. The Morgan fingerprint density at radius 1 is 1.42 bits per heavy atom. The molecular weight excluding hydrogens is 181 g/mol. The standard InChI is InChI=1S/C7H8FN3.ClH/c8-7-5-1-2-9-3-6(5)10-4-11-7;/h4,9H,1-3H2;1H. The second kappa shape index (κ2) is 3.78. The molecule has 0 fully saturated rings. The number of nitrogens with one attached hydrogen (secondary N) is 1. The van der Waals surface area contributed by atoms with Gasteiger partial charge in [-0.2, -0.15) is 4.39 Å². The Kier molecular flexibility index (Phi) is 2.94. The highest BCUT2D eigenvalue weighted by atomic mass is 35.5. The van der Waals surface area contributed by atoms with Gasteiger partial charge in [-0.1, -0.05) is 0 Å². The third-order valence-corrected chi connectivity index (χ3v) is 1.83. The molecule has 0 spiro atoms. The van der Waals surface area contributed by atoms with Crippen molar-refractivity contribution in [3.63, 3.8) is 0 Å². The minimum absolute atomic E-state index is 0. The number of fused-ring (bicyclic) bond motifs is 1. The fraction of sp³-hybridized carbons (Fsp3) is 0.429. The second-order valence-electron chi connectivity index (χ2n) is 2.52. The molecule has 1 N–H and O–H groups in total. The summed E-state index contributed by atoms with van der Waals surface area (Å²) in [5.74, 6) is -0.364. The van der Waals surface area contributed by atoms with E-state index in [4.69, 9.17) is 0 Å². The summed E-state index contributed by atoms with van der Waals surface area (Å²) >= 11 is 0. The maximum atomic E-state index is 12.9. The highest BCUT2D eigenvalue weighted by Gasteiger charge is 2.13. The number of aromatic nitrogens is 2. The van der Waals surface area contributed by atoms with Crippen LogP contribution < -0.4 is 5.32 Å². The number of hydrogen-bond donors (Lipinski definition) is 1. The van der Waals surface area contributed by atoms with Gasteiger partial charge in [0.05, 0.1) is 5.69 Å². The van der Waals surface area contributed by atoms with Crippen molar-refractivity contribution in [3.8, 4) is 0 Å². The molecule has 1 aromatic heterocycles. The smallest absolute Gasteiger partial charge is 0.219 e. The van der Waals surface area contributed by atoms with E-state index in [0.29, 0.717) is 18.5 Å². The van der Waals surface area contributed by atoms with Gasteiger partial charge in [-0.15, -0.1) is 12.4 Å². The summed E-state index contributed by atoms with van der Waals surface area (Å²) in [4.78, 5) is 7.45. The van der Waals surface area contributed by atoms with Gasteiger partial charge in [0.1, 0.15) is 6.33 Å². The van der Waals surface area contributed by atoms with Gasteiger partial charge in [0, 0.05) is 12.1 Å². The van der Waals surface area contributed by atoms with Gasteiger partial charge in [0.25, 0.3) is 0 Å². The van der Waals surface area contributed by atoms with Crippen LogP contribution in [0.3, 0.4) is 0 Å². The molecule has 12 heavy (non-hydrogen) atoms. The maximum Gasteiger partial charge on any atom is 0.219 e. The molecule has 1 aromatic rings. The van der Waals surface area contributed by atoms with Crippen LogP contribution in [0.4, 0.5) is 4.39 Å². The first-order valence-electron chi connectivity index (χ1n) is 3.57. The average Bonchev–Trinajstić information content (AvgIpc) is 2.06. The molecule has 1 aliphatic rings. The molecule has 0 saturated carbocycles. The first-order valence-corrected chi connectivity index (χ1v) is 3.57. The Hall–Kier alpha value is -0.740. The Labute approximate surface area is 75.8 Å². The summed E-state index contributed by atoms with van der Waals surface area (Å²) < 4.78 is 12.9. The van der Waals surface area contributed by atoms with Crippen molar-refractivity contribution in [2.75, 3.05) is 6.54 Å². The Bertz CT molecular complexity index is 279. The molecule has 0 aliphatic carbocycles. The first-order chi connectivity index (χ1) is 5.38. The van der Waals surface area contributed by atoms with Crippen LogP contribution in [0.1, 0.15) is 11.3 Å². The molecular formula is C7H9ClFN3. The Morgan fingerprint density at radius 3 is 3.00 bits per heavy atom. The van der Waals surface area contributed by atoms with E-state index in [1.807, 2.05) is 0 Å². The highest BCUT2D eigenvalue weighted by Crippen LogP contribution is 2.11. The summed E-state index contributed by atoms with van der Waals surface area (Å²) in [5, 5.41) is 3.11. The zero-order valence-electron chi connectivity index (χ0n) is 6.38. The fourth-order valence-corrected chi connectivity index (χ4v) is 1.24. The van der Waals surface area contributed by atoms with Gasteiger partial charge in [-0.25, -0.2) is 9.97 Å². The van der Waals surface area contributed by atoms with E-state index in [1.165, 1.54) is 6.33 Å². The summed E-state index contributed by atoms with van der Waals surface area (Å²) in [5.41, 5.74) is 1.47. The van der Waals surface area contributed by atoms with Crippen LogP contribution in [0.25, 0.3) is 0 Å². The topological polar surface area (TPSA) is 37.8 Å². The molecule has 2 heterocycles. The van der Waals surface area contributed by atoms with E-state index in [-0.39, 0.29) is 18.4 Å². The van der Waals surface area contributed by atoms with E-state index in [9.17, 15) is 4.39 Å². The van der Waals surface area contributed by atoms with E-state index < -0.39 is 0 Å². The van der Waals surface area contributed by atoms with E-state index in [2.05, 4.69) is 15.3 Å². The lowest BCUT2D eigenvalue weighted by Gasteiger charge is -2.14. The van der Waals surface area contributed by atoms with Crippen LogP contribution in [0.15, 0.2) is 6.33 Å². The lowest BCUT2D eigenvalue weighted by Crippen LogP contribution is -2.25. The van der Waals surface area contributed by atoms with Crippen molar-refractivity contribution >= 4 is 12.4 Å². The molecule has 3 nitrogen and oxygen atoms in total. The molecule has 1 aliphatic heterocycles. The van der Waals surface area contributed by atoms with Crippen LogP contribution in [0.5, 0.6) is 0 Å². The Balaban J connectivity index is 0.000000720. The van der Waals surface area contributed by atoms with Gasteiger partial charge in [-0.3, -0.25) is 0 Å². The number of nitrogens with zero attached hydrogens (tertiary/aromatic N) is 2. The number of halogens is 2. The van der Waals surface area contributed by atoms with Gasteiger partial charge >= 0.3 is 0 Å². The van der Waals surface area contributed by atoms with Crippen LogP contribution in [0.2, 0.25) is 0 Å². The lowest BCUT2D eigenvalue weighted by molar-refractivity contribution is 0.525. The Morgan fingerprint density at radius 2 is 2.25 bits per heavy atom. The van der Waals surface area contributed by atoms with E-state index in [0.717, 1.165) is 12.2 Å². The summed E-state index contributed by atoms with van der Waals surface area (Å²) in [6, 6.07) is 0. The van der Waals surface area contributed by atoms with E-state index in [1.54, 1.807) is 0 Å². The maximum absolute atomic E-state index is 12.9. The average molecular weight is 190 g/mol. The van der Waals surface area contributed by atoms with E-state index >= 15 is 0 Å². The SMILES string of the molecule is Cl.Fc1ncnc2c1CCNC2. The van der Waals surface area contributed by atoms with Crippen molar-refractivity contribution in [3.05, 3.63) is 23.5 Å². The molecule has 5 heteroatoms. The van der Waals surface area contributed by atoms with Crippen molar-refractivity contribution in [2.45, 2.75) is 13.0 Å². The van der Waals surface area contributed by atoms with Gasteiger partial charge in [0.15, 0.2) is 0 Å². The van der Waals surface area contributed by atoms with Crippen LogP contribution in [-0.2, 0) is 13.0 Å². The predicted octanol–water partition coefficient (Wildman–Crippen LogP) is 0.683. The summed E-state index contributed by atoms with van der Waals surface area (Å²) in [6.45, 7) is 1.48. The quantitative estimate of drug-likeness (QED) is 0.610. The molecule has 0 radical (unpaired) electrons. The zero-order chi connectivity index (χ0) is 7.68. The van der Waals surface area contributed by atoms with Crippen molar-refractivity contribution in [2.24, 2.45) is 0 Å². The highest BCUT2D eigenvalue weighted by molar-refractivity contribution is 5.85. The largest absolute Gasteiger partial charge is 0.311 e. The zero-order valence-corrected chi connectivity index (χ0v) is 7.20. The molecule has 0 aromatic carbocycles. The summed E-state index contributed by atoms with van der Waals surface area (Å²) in [6.07, 6.45) is 1.96. The number of hydrogen-bond acceptors (Lipinski definition) is 3. The molecule has 0 bridgehead atoms. The van der Waals surface area contributed by atoms with Gasteiger partial charge in [-0.05, 0) is 13.0 Å². The van der Waals surface area contributed by atoms with Gasteiger partial charge in [0.2, 0.25) is 5.95 Å². The monoisotopic (exact) mass is 189 g/mol. The predicted molar refractivity (Wildman–Crippen MR) is 44.6 cm³/mol. The van der Waals surface area contributed by atoms with Crippen LogP contribution in [0, 0.1) is 5.95 Å². The molecule has 0 saturated heterocycles. The van der Waals surface area contributed by atoms with Crippen molar-refractivity contribution in [1.29, 1.82) is 0 Å². The van der Waals surface area contributed by atoms with Crippen molar-refractivity contribution in [1.82, 2.24) is 15.3 Å². The molecule has 66 valence electrons. The molecule has 0 amide bonds. The number of rotatable bonds is 0. The fourth-order valence-electron chi connectivity index (χ4n) is 1.24. The normalized spacial score (nSPS) is 14.8. The van der Waals surface area contributed by atoms with Crippen LogP contribution in [-0.4, -0.2) is 16.5 Å². The third kappa shape index (κ3) is 1.54. The molecule has 2 rings (SSSR count). The lowest BCUT2D eigenvalue weighted by atomic mass is 10.1. The van der Waals surface area contributed by atoms with Gasteiger partial charge < -0.3 is 5.32 Å². The molecule has 0 atom stereocenters. The second-order valence-corrected chi connectivity index (χ2v) is 2.52. The minimum atomic E-state index is -0.364. The van der Waals surface area contributed by atoms with Crippen LogP contribution >= 0.6 is 12.4 Å².